The molecule has 2 fully saturated rings. The molecule has 0 aromatic carbocycles. The minimum Gasteiger partial charge on any atom is -0.353 e. The number of carbonyl (C=O) groups excluding carboxylic acids is 2. The molecule has 2 aliphatic rings. The summed E-state index contributed by atoms with van der Waals surface area (Å²) in [6, 6.07) is -0.305. The molecule has 0 aromatic heterocycles. The Hall–Kier alpha value is -1.11. The van der Waals surface area contributed by atoms with Crippen LogP contribution in [0.25, 0.3) is 0 Å². The van der Waals surface area contributed by atoms with Gasteiger partial charge in [-0.25, -0.2) is 8.42 Å². The van der Waals surface area contributed by atoms with E-state index in [-0.39, 0.29) is 35.4 Å². The predicted octanol–water partition coefficient (Wildman–Crippen LogP) is -0.0154. The van der Waals surface area contributed by atoms with Gasteiger partial charge in [0.05, 0.1) is 11.5 Å². The van der Waals surface area contributed by atoms with Crippen molar-refractivity contribution < 1.29 is 18.0 Å². The van der Waals surface area contributed by atoms with E-state index in [1.165, 1.54) is 0 Å². The maximum Gasteiger partial charge on any atom is 0.235 e. The summed E-state index contributed by atoms with van der Waals surface area (Å²) in [4.78, 5) is 24.4. The lowest BCUT2D eigenvalue weighted by Gasteiger charge is -2.20. The summed E-state index contributed by atoms with van der Waals surface area (Å²) < 4.78 is 22.8. The van der Waals surface area contributed by atoms with Gasteiger partial charge < -0.3 is 10.6 Å². The highest BCUT2D eigenvalue weighted by Gasteiger charge is 2.57. The van der Waals surface area contributed by atoms with Crippen LogP contribution >= 0.6 is 0 Å². The lowest BCUT2D eigenvalue weighted by molar-refractivity contribution is -0.137. The lowest BCUT2D eigenvalue weighted by Crippen LogP contribution is -2.48. The van der Waals surface area contributed by atoms with E-state index in [2.05, 4.69) is 10.6 Å². The molecule has 0 spiro atoms. The molecule has 1 heterocycles. The molecular weight excluding hydrogens is 280 g/mol. The number of hydrogen-bond acceptors (Lipinski definition) is 4. The fourth-order valence-corrected chi connectivity index (χ4v) is 4.05. The molecule has 1 aliphatic heterocycles. The molecule has 2 atom stereocenters. The quantitative estimate of drug-likeness (QED) is 0.698. The molecule has 2 amide bonds. The van der Waals surface area contributed by atoms with Crippen LogP contribution in [0.2, 0.25) is 0 Å². The van der Waals surface area contributed by atoms with Crippen LogP contribution in [0.4, 0.5) is 0 Å². The van der Waals surface area contributed by atoms with Gasteiger partial charge in [-0.1, -0.05) is 6.92 Å². The topological polar surface area (TPSA) is 92.3 Å². The Labute approximate surface area is 119 Å². The van der Waals surface area contributed by atoms with Gasteiger partial charge in [-0.15, -0.1) is 0 Å². The maximum atomic E-state index is 12.2. The second kappa shape index (κ2) is 5.35. The molecule has 1 aliphatic carbocycles. The number of rotatable bonds is 5. The van der Waals surface area contributed by atoms with E-state index in [4.69, 9.17) is 0 Å². The number of sulfone groups is 1. The van der Waals surface area contributed by atoms with Crippen molar-refractivity contribution in [3.63, 3.8) is 0 Å². The van der Waals surface area contributed by atoms with Crippen molar-refractivity contribution in [2.45, 2.75) is 51.6 Å². The molecular formula is C13H22N2O4S. The largest absolute Gasteiger partial charge is 0.353 e. The number of carbonyl (C=O) groups is 2. The summed E-state index contributed by atoms with van der Waals surface area (Å²) in [5.74, 6) is -0.447. The second-order valence-corrected chi connectivity index (χ2v) is 8.17. The first kappa shape index (κ1) is 15.3. The van der Waals surface area contributed by atoms with Crippen molar-refractivity contribution in [3.8, 4) is 0 Å². The summed E-state index contributed by atoms with van der Waals surface area (Å²) in [5.41, 5.74) is -0.963. The number of nitrogens with one attached hydrogen (secondary N) is 2. The van der Waals surface area contributed by atoms with Crippen LogP contribution < -0.4 is 10.6 Å². The number of hydrogen-bond donors (Lipinski definition) is 2. The Bertz CT molecular complexity index is 510. The third-order valence-corrected chi connectivity index (χ3v) is 5.94. The summed E-state index contributed by atoms with van der Waals surface area (Å²) >= 11 is 0. The standard InChI is InChI=1S/C13H22N2O4S/c1-3-9(2)14-11(16)13(5-6-13)12(17)15-10-4-7-20(18,19)8-10/h9-10H,3-8H2,1-2H3,(H,14,16)(H,15,17). The molecule has 0 radical (unpaired) electrons. The van der Waals surface area contributed by atoms with Gasteiger partial charge in [-0.2, -0.15) is 0 Å². The van der Waals surface area contributed by atoms with Crippen LogP contribution in [0, 0.1) is 5.41 Å². The first-order chi connectivity index (χ1) is 9.29. The molecule has 6 nitrogen and oxygen atoms in total. The Morgan fingerprint density at radius 3 is 2.40 bits per heavy atom. The average molecular weight is 302 g/mol. The van der Waals surface area contributed by atoms with Crippen molar-refractivity contribution in [3.05, 3.63) is 0 Å². The second-order valence-electron chi connectivity index (χ2n) is 5.94. The summed E-state index contributed by atoms with van der Waals surface area (Å²) in [7, 11) is -3.02. The predicted molar refractivity (Wildman–Crippen MR) is 74.8 cm³/mol. The van der Waals surface area contributed by atoms with Crippen LogP contribution in [-0.4, -0.2) is 43.8 Å². The van der Waals surface area contributed by atoms with E-state index in [0.29, 0.717) is 19.3 Å². The van der Waals surface area contributed by atoms with E-state index in [1.807, 2.05) is 13.8 Å². The molecule has 0 bridgehead atoms. The van der Waals surface area contributed by atoms with Gasteiger partial charge in [0.2, 0.25) is 11.8 Å². The molecule has 2 rings (SSSR count). The minimum absolute atomic E-state index is 0.0121. The highest BCUT2D eigenvalue weighted by Crippen LogP contribution is 2.46. The van der Waals surface area contributed by atoms with E-state index >= 15 is 0 Å². The Kier molecular flexibility index (Phi) is 4.09. The highest BCUT2D eigenvalue weighted by atomic mass is 32.2. The van der Waals surface area contributed by atoms with Crippen molar-refractivity contribution in [1.29, 1.82) is 0 Å². The van der Waals surface area contributed by atoms with Gasteiger partial charge in [0, 0.05) is 12.1 Å². The molecule has 0 aromatic rings. The molecule has 2 unspecified atom stereocenters. The zero-order valence-electron chi connectivity index (χ0n) is 11.9. The fourth-order valence-electron chi connectivity index (χ4n) is 2.38. The van der Waals surface area contributed by atoms with E-state index in [0.717, 1.165) is 6.42 Å². The van der Waals surface area contributed by atoms with Gasteiger partial charge in [-0.05, 0) is 32.6 Å². The fraction of sp³-hybridized carbons (Fsp3) is 0.846. The van der Waals surface area contributed by atoms with Crippen LogP contribution in [0.3, 0.4) is 0 Å². The van der Waals surface area contributed by atoms with E-state index < -0.39 is 15.3 Å². The first-order valence-corrected chi connectivity index (χ1v) is 8.93. The Balaban J connectivity index is 1.93. The summed E-state index contributed by atoms with van der Waals surface area (Å²) in [6.45, 7) is 3.86. The van der Waals surface area contributed by atoms with Gasteiger partial charge in [0.25, 0.3) is 0 Å². The molecule has 1 saturated carbocycles. The van der Waals surface area contributed by atoms with Crippen LogP contribution in [0.1, 0.15) is 39.5 Å². The van der Waals surface area contributed by atoms with Gasteiger partial charge >= 0.3 is 0 Å². The smallest absolute Gasteiger partial charge is 0.235 e. The SMILES string of the molecule is CCC(C)NC(=O)C1(C(=O)NC2CCS(=O)(=O)C2)CC1. The van der Waals surface area contributed by atoms with E-state index in [1.54, 1.807) is 0 Å². The Morgan fingerprint density at radius 1 is 1.30 bits per heavy atom. The van der Waals surface area contributed by atoms with E-state index in [9.17, 15) is 18.0 Å². The van der Waals surface area contributed by atoms with Crippen LogP contribution in [0.15, 0.2) is 0 Å². The molecule has 2 N–H and O–H groups in total. The minimum atomic E-state index is -3.02. The monoisotopic (exact) mass is 302 g/mol. The molecule has 20 heavy (non-hydrogen) atoms. The maximum absolute atomic E-state index is 12.2. The Morgan fingerprint density at radius 2 is 1.95 bits per heavy atom. The average Bonchev–Trinajstić information content (AvgIpc) is 3.11. The molecule has 114 valence electrons. The van der Waals surface area contributed by atoms with Gasteiger partial charge in [0.15, 0.2) is 9.84 Å². The normalized spacial score (nSPS) is 27.6. The van der Waals surface area contributed by atoms with Crippen molar-refractivity contribution in [2.75, 3.05) is 11.5 Å². The molecule has 1 saturated heterocycles. The zero-order valence-corrected chi connectivity index (χ0v) is 12.8. The third-order valence-electron chi connectivity index (χ3n) is 4.18. The first-order valence-electron chi connectivity index (χ1n) is 7.11. The summed E-state index contributed by atoms with van der Waals surface area (Å²) in [6.07, 6.45) is 2.34. The highest BCUT2D eigenvalue weighted by molar-refractivity contribution is 7.91. The summed E-state index contributed by atoms with van der Waals surface area (Å²) in [5, 5.41) is 5.57. The van der Waals surface area contributed by atoms with Crippen LogP contribution in [0.5, 0.6) is 0 Å². The lowest BCUT2D eigenvalue weighted by atomic mass is 10.0. The third kappa shape index (κ3) is 3.13. The van der Waals surface area contributed by atoms with Crippen LogP contribution in [-0.2, 0) is 19.4 Å². The van der Waals surface area contributed by atoms with Crippen molar-refractivity contribution >= 4 is 21.7 Å². The number of amides is 2. The van der Waals surface area contributed by atoms with Gasteiger partial charge in [-0.3, -0.25) is 9.59 Å². The van der Waals surface area contributed by atoms with Crippen molar-refractivity contribution in [2.24, 2.45) is 5.41 Å². The molecule has 7 heteroatoms. The zero-order chi connectivity index (χ0) is 15.0. The van der Waals surface area contributed by atoms with Crippen molar-refractivity contribution in [1.82, 2.24) is 10.6 Å². The van der Waals surface area contributed by atoms with Gasteiger partial charge in [0.1, 0.15) is 5.41 Å².